The van der Waals surface area contributed by atoms with Gasteiger partial charge in [-0.1, -0.05) is 50.8 Å². The molecule has 0 heterocycles. The second-order valence-corrected chi connectivity index (χ2v) is 5.69. The van der Waals surface area contributed by atoms with Gasteiger partial charge < -0.3 is 5.32 Å². The van der Waals surface area contributed by atoms with Gasteiger partial charge in [0, 0.05) is 12.5 Å². The first-order valence-corrected chi connectivity index (χ1v) is 7.78. The number of hydrogen-bond donors (Lipinski definition) is 1. The summed E-state index contributed by atoms with van der Waals surface area (Å²) in [4.78, 5) is 0. The molecule has 0 bridgehead atoms. The quantitative estimate of drug-likeness (QED) is 0.772. The van der Waals surface area contributed by atoms with E-state index in [0.717, 1.165) is 18.7 Å². The summed E-state index contributed by atoms with van der Waals surface area (Å²) in [5, 5.41) is 3.43. The van der Waals surface area contributed by atoms with Crippen molar-refractivity contribution in [2.75, 3.05) is 13.1 Å². The van der Waals surface area contributed by atoms with Crippen molar-refractivity contribution < 1.29 is 4.39 Å². The highest BCUT2D eigenvalue weighted by Crippen LogP contribution is 2.35. The van der Waals surface area contributed by atoms with Crippen molar-refractivity contribution in [3.8, 4) is 0 Å². The Morgan fingerprint density at radius 2 is 1.84 bits per heavy atom. The highest BCUT2D eigenvalue weighted by molar-refractivity contribution is 5.23. The lowest BCUT2D eigenvalue weighted by molar-refractivity contribution is 0.354. The molecular formula is C17H26FN. The van der Waals surface area contributed by atoms with Crippen LogP contribution in [0.4, 0.5) is 4.39 Å². The molecule has 1 fully saturated rings. The largest absolute Gasteiger partial charge is 0.316 e. The van der Waals surface area contributed by atoms with Crippen LogP contribution in [-0.4, -0.2) is 13.1 Å². The van der Waals surface area contributed by atoms with E-state index < -0.39 is 0 Å². The van der Waals surface area contributed by atoms with Crippen molar-refractivity contribution in [2.24, 2.45) is 5.92 Å². The van der Waals surface area contributed by atoms with Crippen LogP contribution in [-0.2, 0) is 0 Å². The monoisotopic (exact) mass is 263 g/mol. The Bertz CT molecular complexity index is 369. The Morgan fingerprint density at radius 1 is 1.16 bits per heavy atom. The molecule has 1 aromatic rings. The minimum atomic E-state index is -0.0327. The molecule has 0 spiro atoms. The first-order valence-electron chi connectivity index (χ1n) is 7.78. The predicted molar refractivity (Wildman–Crippen MR) is 78.9 cm³/mol. The van der Waals surface area contributed by atoms with Crippen molar-refractivity contribution in [1.29, 1.82) is 0 Å². The predicted octanol–water partition coefficient (Wildman–Crippen LogP) is 4.49. The van der Waals surface area contributed by atoms with Crippen LogP contribution >= 0.6 is 0 Å². The fourth-order valence-electron chi connectivity index (χ4n) is 3.32. The van der Waals surface area contributed by atoms with Crippen LogP contribution in [0.2, 0.25) is 0 Å². The van der Waals surface area contributed by atoms with Crippen molar-refractivity contribution in [2.45, 2.75) is 51.4 Å². The average Bonchev–Trinajstić information content (AvgIpc) is 2.70. The molecule has 1 saturated carbocycles. The Kier molecular flexibility index (Phi) is 5.84. The van der Waals surface area contributed by atoms with E-state index in [1.807, 2.05) is 12.1 Å². The molecular weight excluding hydrogens is 237 g/mol. The third-order valence-electron chi connectivity index (χ3n) is 4.39. The minimum Gasteiger partial charge on any atom is -0.316 e. The second-order valence-electron chi connectivity index (χ2n) is 5.69. The Hall–Kier alpha value is -0.890. The van der Waals surface area contributed by atoms with Gasteiger partial charge in [-0.2, -0.15) is 0 Å². The van der Waals surface area contributed by atoms with Gasteiger partial charge in [-0.15, -0.1) is 0 Å². The number of halogens is 1. The molecule has 1 N–H and O–H groups in total. The minimum absolute atomic E-state index is 0.0327. The number of likely N-dealkylation sites (N-methyl/N-ethyl adjacent to an activating group) is 1. The van der Waals surface area contributed by atoms with Gasteiger partial charge in [0.2, 0.25) is 0 Å². The van der Waals surface area contributed by atoms with Crippen LogP contribution in [0.1, 0.15) is 56.9 Å². The summed E-state index contributed by atoms with van der Waals surface area (Å²) in [7, 11) is 0. The van der Waals surface area contributed by atoms with E-state index in [2.05, 4.69) is 12.2 Å². The zero-order valence-electron chi connectivity index (χ0n) is 12.0. The Balaban J connectivity index is 2.16. The van der Waals surface area contributed by atoms with E-state index in [0.29, 0.717) is 11.8 Å². The van der Waals surface area contributed by atoms with E-state index in [-0.39, 0.29) is 5.82 Å². The van der Waals surface area contributed by atoms with Crippen molar-refractivity contribution in [3.63, 3.8) is 0 Å². The second kappa shape index (κ2) is 7.64. The summed E-state index contributed by atoms with van der Waals surface area (Å²) in [5.41, 5.74) is 0.912. The highest BCUT2D eigenvalue weighted by Gasteiger charge is 2.25. The molecule has 0 amide bonds. The molecule has 1 aliphatic carbocycles. The van der Waals surface area contributed by atoms with E-state index in [1.165, 1.54) is 38.5 Å². The number of hydrogen-bond acceptors (Lipinski definition) is 1. The van der Waals surface area contributed by atoms with Crippen LogP contribution in [0.15, 0.2) is 24.3 Å². The SMILES string of the molecule is CCNCC(c1ccccc1F)C1CCCCCC1. The molecule has 1 atom stereocenters. The van der Waals surface area contributed by atoms with Crippen LogP contribution in [0, 0.1) is 11.7 Å². The van der Waals surface area contributed by atoms with Crippen LogP contribution in [0.25, 0.3) is 0 Å². The molecule has 1 unspecified atom stereocenters. The smallest absolute Gasteiger partial charge is 0.126 e. The first kappa shape index (κ1) is 14.5. The molecule has 2 rings (SSSR count). The van der Waals surface area contributed by atoms with Gasteiger partial charge in [0.1, 0.15) is 5.82 Å². The van der Waals surface area contributed by atoms with Crippen LogP contribution < -0.4 is 5.32 Å². The third kappa shape index (κ3) is 4.04. The molecule has 1 aliphatic rings. The van der Waals surface area contributed by atoms with Crippen LogP contribution in [0.3, 0.4) is 0 Å². The lowest BCUT2D eigenvalue weighted by atomic mass is 9.81. The number of nitrogens with one attached hydrogen (secondary N) is 1. The normalized spacial score (nSPS) is 19.1. The average molecular weight is 263 g/mol. The lowest BCUT2D eigenvalue weighted by Crippen LogP contribution is -2.27. The summed E-state index contributed by atoms with van der Waals surface area (Å²) in [6.07, 6.45) is 7.82. The maximum absolute atomic E-state index is 14.1. The van der Waals surface area contributed by atoms with Crippen molar-refractivity contribution in [3.05, 3.63) is 35.6 Å². The number of rotatable bonds is 5. The summed E-state index contributed by atoms with van der Waals surface area (Å²) in [5.74, 6) is 0.937. The number of benzene rings is 1. The maximum atomic E-state index is 14.1. The van der Waals surface area contributed by atoms with Gasteiger partial charge in [0.25, 0.3) is 0 Å². The van der Waals surface area contributed by atoms with Crippen LogP contribution in [0.5, 0.6) is 0 Å². The molecule has 1 nitrogen and oxygen atoms in total. The molecule has 0 aliphatic heterocycles. The van der Waals surface area contributed by atoms with Gasteiger partial charge in [0.15, 0.2) is 0 Å². The van der Waals surface area contributed by atoms with Gasteiger partial charge in [0.05, 0.1) is 0 Å². The summed E-state index contributed by atoms with van der Waals surface area (Å²) >= 11 is 0. The first-order chi connectivity index (χ1) is 9.33. The summed E-state index contributed by atoms with van der Waals surface area (Å²) in [6.45, 7) is 3.98. The topological polar surface area (TPSA) is 12.0 Å². The fraction of sp³-hybridized carbons (Fsp3) is 0.647. The van der Waals surface area contributed by atoms with Gasteiger partial charge in [-0.05, 0) is 36.9 Å². The molecule has 0 saturated heterocycles. The van der Waals surface area contributed by atoms with E-state index in [1.54, 1.807) is 12.1 Å². The third-order valence-corrected chi connectivity index (χ3v) is 4.39. The highest BCUT2D eigenvalue weighted by atomic mass is 19.1. The van der Waals surface area contributed by atoms with Crippen molar-refractivity contribution in [1.82, 2.24) is 5.32 Å². The molecule has 1 aromatic carbocycles. The molecule has 0 radical (unpaired) electrons. The van der Waals surface area contributed by atoms with Gasteiger partial charge >= 0.3 is 0 Å². The molecule has 106 valence electrons. The maximum Gasteiger partial charge on any atom is 0.126 e. The van der Waals surface area contributed by atoms with Gasteiger partial charge in [-0.25, -0.2) is 4.39 Å². The lowest BCUT2D eigenvalue weighted by Gasteiger charge is -2.27. The zero-order valence-corrected chi connectivity index (χ0v) is 12.0. The van der Waals surface area contributed by atoms with E-state index >= 15 is 0 Å². The zero-order chi connectivity index (χ0) is 13.5. The summed E-state index contributed by atoms with van der Waals surface area (Å²) in [6, 6.07) is 7.33. The van der Waals surface area contributed by atoms with E-state index in [9.17, 15) is 4.39 Å². The summed E-state index contributed by atoms with van der Waals surface area (Å²) < 4.78 is 14.1. The Labute approximate surface area is 116 Å². The molecule has 19 heavy (non-hydrogen) atoms. The molecule has 0 aromatic heterocycles. The van der Waals surface area contributed by atoms with E-state index in [4.69, 9.17) is 0 Å². The Morgan fingerprint density at radius 3 is 2.47 bits per heavy atom. The van der Waals surface area contributed by atoms with Gasteiger partial charge in [-0.3, -0.25) is 0 Å². The standard InChI is InChI=1S/C17H26FN/c1-2-19-13-16(14-9-5-3-4-6-10-14)15-11-7-8-12-17(15)18/h7-8,11-12,14,16,19H,2-6,9-10,13H2,1H3. The van der Waals surface area contributed by atoms with Crippen molar-refractivity contribution >= 4 is 0 Å². The molecule has 2 heteroatoms. The fourth-order valence-corrected chi connectivity index (χ4v) is 3.32.